The zero-order valence-electron chi connectivity index (χ0n) is 10.7. The Morgan fingerprint density at radius 3 is 2.94 bits per heavy atom. The van der Waals surface area contributed by atoms with E-state index in [-0.39, 0.29) is 5.97 Å². The van der Waals surface area contributed by atoms with Crippen LogP contribution in [-0.4, -0.2) is 24.7 Å². The Balaban J connectivity index is 2.24. The van der Waals surface area contributed by atoms with Gasteiger partial charge in [-0.15, -0.1) is 0 Å². The van der Waals surface area contributed by atoms with Crippen LogP contribution in [0.1, 0.15) is 36.8 Å². The minimum Gasteiger partial charge on any atom is -0.481 e. The molecule has 4 heteroatoms. The van der Waals surface area contributed by atoms with Crippen molar-refractivity contribution >= 4 is 12.0 Å². The molecule has 1 fully saturated rings. The standard InChI is InChI=1S/C14H17NO3/c1-3-18-12(16)7-6-11-8-9-15-14(17-2)13(11)10-4-5-10/h6-10H,3-5H2,1-2H3/b7-6+. The first-order valence-electron chi connectivity index (χ1n) is 6.14. The van der Waals surface area contributed by atoms with E-state index >= 15 is 0 Å². The number of nitrogens with zero attached hydrogens (tertiary/aromatic N) is 1. The number of methoxy groups -OCH3 is 1. The van der Waals surface area contributed by atoms with Gasteiger partial charge in [-0.3, -0.25) is 0 Å². The topological polar surface area (TPSA) is 48.4 Å². The van der Waals surface area contributed by atoms with E-state index < -0.39 is 0 Å². The molecular weight excluding hydrogens is 230 g/mol. The number of aromatic nitrogens is 1. The van der Waals surface area contributed by atoms with Gasteiger partial charge >= 0.3 is 5.97 Å². The fraction of sp³-hybridized carbons (Fsp3) is 0.429. The average Bonchev–Trinajstić information content (AvgIpc) is 3.20. The summed E-state index contributed by atoms with van der Waals surface area (Å²) in [6, 6.07) is 1.89. The first-order valence-corrected chi connectivity index (χ1v) is 6.14. The molecule has 0 atom stereocenters. The maximum atomic E-state index is 11.3. The van der Waals surface area contributed by atoms with Gasteiger partial charge in [0.05, 0.1) is 13.7 Å². The highest BCUT2D eigenvalue weighted by molar-refractivity contribution is 5.87. The van der Waals surface area contributed by atoms with Gasteiger partial charge < -0.3 is 9.47 Å². The molecule has 0 radical (unpaired) electrons. The normalized spacial score (nSPS) is 14.8. The van der Waals surface area contributed by atoms with E-state index in [1.54, 1.807) is 26.3 Å². The molecule has 0 bridgehead atoms. The van der Waals surface area contributed by atoms with Crippen LogP contribution in [0.2, 0.25) is 0 Å². The summed E-state index contributed by atoms with van der Waals surface area (Å²) in [5.74, 6) is 0.842. The van der Waals surface area contributed by atoms with Crippen molar-refractivity contribution < 1.29 is 14.3 Å². The smallest absolute Gasteiger partial charge is 0.330 e. The van der Waals surface area contributed by atoms with Gasteiger partial charge in [0.15, 0.2) is 0 Å². The van der Waals surface area contributed by atoms with Gasteiger partial charge in [-0.2, -0.15) is 0 Å². The van der Waals surface area contributed by atoms with Gasteiger partial charge in [-0.25, -0.2) is 9.78 Å². The quantitative estimate of drug-likeness (QED) is 0.592. The van der Waals surface area contributed by atoms with Gasteiger partial charge in [0.2, 0.25) is 5.88 Å². The Hall–Kier alpha value is -1.84. The van der Waals surface area contributed by atoms with Crippen LogP contribution in [0.4, 0.5) is 0 Å². The van der Waals surface area contributed by atoms with E-state index in [2.05, 4.69) is 4.98 Å². The van der Waals surface area contributed by atoms with E-state index in [1.807, 2.05) is 6.07 Å². The second kappa shape index (κ2) is 5.67. The molecule has 1 aliphatic carbocycles. The third-order valence-electron chi connectivity index (χ3n) is 2.85. The van der Waals surface area contributed by atoms with E-state index in [1.165, 1.54) is 6.08 Å². The molecule has 2 rings (SSSR count). The summed E-state index contributed by atoms with van der Waals surface area (Å²) in [7, 11) is 1.62. The van der Waals surface area contributed by atoms with E-state index in [4.69, 9.17) is 9.47 Å². The lowest BCUT2D eigenvalue weighted by atomic mass is 10.1. The van der Waals surface area contributed by atoms with Crippen molar-refractivity contribution in [3.8, 4) is 5.88 Å². The van der Waals surface area contributed by atoms with Crippen molar-refractivity contribution in [2.24, 2.45) is 0 Å². The molecule has 1 aromatic heterocycles. The molecule has 0 amide bonds. The Labute approximate surface area is 107 Å². The van der Waals surface area contributed by atoms with Crippen LogP contribution in [0, 0.1) is 0 Å². The van der Waals surface area contributed by atoms with Crippen LogP contribution in [0.15, 0.2) is 18.3 Å². The summed E-state index contributed by atoms with van der Waals surface area (Å²) in [6.07, 6.45) is 7.22. The number of pyridine rings is 1. The monoisotopic (exact) mass is 247 g/mol. The Morgan fingerprint density at radius 2 is 2.33 bits per heavy atom. The van der Waals surface area contributed by atoms with Crippen LogP contribution in [0.5, 0.6) is 5.88 Å². The number of ether oxygens (including phenoxy) is 2. The predicted molar refractivity (Wildman–Crippen MR) is 68.4 cm³/mol. The van der Waals surface area contributed by atoms with Crippen molar-refractivity contribution in [3.63, 3.8) is 0 Å². The van der Waals surface area contributed by atoms with Gasteiger partial charge in [-0.1, -0.05) is 0 Å². The SMILES string of the molecule is CCOC(=O)/C=C/c1ccnc(OC)c1C1CC1. The molecule has 1 heterocycles. The second-order valence-electron chi connectivity index (χ2n) is 4.18. The summed E-state index contributed by atoms with van der Waals surface area (Å²) in [6.45, 7) is 2.18. The van der Waals surface area contributed by atoms with Crippen molar-refractivity contribution in [2.75, 3.05) is 13.7 Å². The van der Waals surface area contributed by atoms with Gasteiger partial charge in [-0.05, 0) is 43.4 Å². The van der Waals surface area contributed by atoms with Crippen LogP contribution >= 0.6 is 0 Å². The number of carbonyl (C=O) groups is 1. The van der Waals surface area contributed by atoms with Crippen LogP contribution in [0.25, 0.3) is 6.08 Å². The van der Waals surface area contributed by atoms with Crippen LogP contribution < -0.4 is 4.74 Å². The molecule has 0 aromatic carbocycles. The lowest BCUT2D eigenvalue weighted by Crippen LogP contribution is -2.00. The summed E-state index contributed by atoms with van der Waals surface area (Å²) < 4.78 is 10.1. The molecule has 1 aliphatic rings. The maximum Gasteiger partial charge on any atom is 0.330 e. The molecule has 0 saturated heterocycles. The summed E-state index contributed by atoms with van der Waals surface area (Å²) in [4.78, 5) is 15.5. The second-order valence-corrected chi connectivity index (χ2v) is 4.18. The lowest BCUT2D eigenvalue weighted by molar-refractivity contribution is -0.137. The highest BCUT2D eigenvalue weighted by Gasteiger charge is 2.29. The van der Waals surface area contributed by atoms with Gasteiger partial charge in [0.1, 0.15) is 0 Å². The third-order valence-corrected chi connectivity index (χ3v) is 2.85. The minimum absolute atomic E-state index is 0.324. The van der Waals surface area contributed by atoms with Crippen molar-refractivity contribution in [2.45, 2.75) is 25.7 Å². The zero-order valence-corrected chi connectivity index (χ0v) is 10.7. The van der Waals surface area contributed by atoms with Crippen molar-refractivity contribution in [1.82, 2.24) is 4.98 Å². The van der Waals surface area contributed by atoms with E-state index in [9.17, 15) is 4.79 Å². The first-order chi connectivity index (χ1) is 8.76. The Morgan fingerprint density at radius 1 is 1.56 bits per heavy atom. The zero-order chi connectivity index (χ0) is 13.0. The number of hydrogen-bond acceptors (Lipinski definition) is 4. The van der Waals surface area contributed by atoms with E-state index in [0.717, 1.165) is 24.0 Å². The molecule has 0 spiro atoms. The first kappa shape index (κ1) is 12.6. The fourth-order valence-electron chi connectivity index (χ4n) is 1.91. The number of hydrogen-bond donors (Lipinski definition) is 0. The number of esters is 1. The Bertz CT molecular complexity index is 464. The summed E-state index contributed by atoms with van der Waals surface area (Å²) >= 11 is 0. The molecule has 18 heavy (non-hydrogen) atoms. The van der Waals surface area contributed by atoms with Gasteiger partial charge in [0.25, 0.3) is 0 Å². The Kier molecular flexibility index (Phi) is 3.97. The highest BCUT2D eigenvalue weighted by Crippen LogP contribution is 2.45. The molecule has 96 valence electrons. The van der Waals surface area contributed by atoms with Crippen LogP contribution in [-0.2, 0) is 9.53 Å². The van der Waals surface area contributed by atoms with E-state index in [0.29, 0.717) is 18.4 Å². The summed E-state index contributed by atoms with van der Waals surface area (Å²) in [5, 5.41) is 0. The summed E-state index contributed by atoms with van der Waals surface area (Å²) in [5.41, 5.74) is 2.08. The fourth-order valence-corrected chi connectivity index (χ4v) is 1.91. The molecule has 0 N–H and O–H groups in total. The minimum atomic E-state index is -0.324. The molecule has 0 aliphatic heterocycles. The molecule has 1 aromatic rings. The van der Waals surface area contributed by atoms with Crippen LogP contribution in [0.3, 0.4) is 0 Å². The lowest BCUT2D eigenvalue weighted by Gasteiger charge is -2.09. The van der Waals surface area contributed by atoms with Crippen molar-refractivity contribution in [1.29, 1.82) is 0 Å². The van der Waals surface area contributed by atoms with Crippen molar-refractivity contribution in [3.05, 3.63) is 29.5 Å². The van der Waals surface area contributed by atoms with Gasteiger partial charge in [0, 0.05) is 17.8 Å². The number of rotatable bonds is 5. The maximum absolute atomic E-state index is 11.3. The largest absolute Gasteiger partial charge is 0.481 e. The third kappa shape index (κ3) is 2.88. The molecule has 1 saturated carbocycles. The number of carbonyl (C=O) groups excluding carboxylic acids is 1. The molecule has 4 nitrogen and oxygen atoms in total. The predicted octanol–water partition coefficient (Wildman–Crippen LogP) is 2.54. The average molecular weight is 247 g/mol. The highest BCUT2D eigenvalue weighted by atomic mass is 16.5. The molecule has 0 unspecified atom stereocenters. The molecular formula is C14H17NO3.